The lowest BCUT2D eigenvalue weighted by Gasteiger charge is -2.31. The standard InChI is InChI=1S/C28H33N5O2/c29-26(25(20-10-3-1-4-11-20)21-12-5-2-6-13-21)28(35)33-17-9-16-24(33)27(34)30-19-32-18-22-14-7-8-15-23(22)31-32/h1-6,10-13,18,24-26H,7-9,14-17,19,29H2,(H,30,34)/t24-,26+/m0/s1. The maximum absolute atomic E-state index is 13.7. The predicted octanol–water partition coefficient (Wildman–Crippen LogP) is 2.99. The van der Waals surface area contributed by atoms with Crippen LogP contribution in [-0.2, 0) is 29.1 Å². The number of aryl methyl sites for hydroxylation is 2. The van der Waals surface area contributed by atoms with Crippen LogP contribution >= 0.6 is 0 Å². The monoisotopic (exact) mass is 471 g/mol. The second-order valence-electron chi connectivity index (χ2n) is 9.56. The van der Waals surface area contributed by atoms with Gasteiger partial charge in [-0.3, -0.25) is 14.3 Å². The van der Waals surface area contributed by atoms with Crippen LogP contribution in [0, 0.1) is 0 Å². The van der Waals surface area contributed by atoms with Crippen molar-refractivity contribution in [2.75, 3.05) is 6.54 Å². The van der Waals surface area contributed by atoms with E-state index in [1.807, 2.05) is 71.5 Å². The van der Waals surface area contributed by atoms with Crippen molar-refractivity contribution in [3.05, 3.63) is 89.2 Å². The Bertz CT molecular complexity index is 1100. The van der Waals surface area contributed by atoms with E-state index in [4.69, 9.17) is 5.73 Å². The number of hydrogen-bond acceptors (Lipinski definition) is 4. The van der Waals surface area contributed by atoms with Crippen LogP contribution in [0.3, 0.4) is 0 Å². The van der Waals surface area contributed by atoms with Crippen molar-refractivity contribution < 1.29 is 9.59 Å². The Balaban J connectivity index is 1.29. The normalized spacial score (nSPS) is 18.3. The first-order valence-electron chi connectivity index (χ1n) is 12.6. The highest BCUT2D eigenvalue weighted by atomic mass is 16.2. The zero-order chi connectivity index (χ0) is 24.2. The molecule has 0 radical (unpaired) electrons. The smallest absolute Gasteiger partial charge is 0.244 e. The molecule has 2 aliphatic rings. The molecule has 2 heterocycles. The van der Waals surface area contributed by atoms with E-state index in [2.05, 4.69) is 10.4 Å². The first kappa shape index (κ1) is 23.3. The van der Waals surface area contributed by atoms with Crippen molar-refractivity contribution in [2.45, 2.75) is 63.2 Å². The van der Waals surface area contributed by atoms with Crippen molar-refractivity contribution in [3.63, 3.8) is 0 Å². The molecule has 2 atom stereocenters. The van der Waals surface area contributed by atoms with Gasteiger partial charge in [-0.15, -0.1) is 0 Å². The quantitative estimate of drug-likeness (QED) is 0.554. The highest BCUT2D eigenvalue weighted by molar-refractivity contribution is 5.91. The van der Waals surface area contributed by atoms with Gasteiger partial charge in [0.25, 0.3) is 0 Å². The van der Waals surface area contributed by atoms with Crippen LogP contribution in [0.5, 0.6) is 0 Å². The summed E-state index contributed by atoms with van der Waals surface area (Å²) in [5.74, 6) is -0.619. The number of nitrogens with one attached hydrogen (secondary N) is 1. The molecule has 0 unspecified atom stereocenters. The Kier molecular flexibility index (Phi) is 6.95. The van der Waals surface area contributed by atoms with Crippen molar-refractivity contribution in [1.29, 1.82) is 0 Å². The summed E-state index contributed by atoms with van der Waals surface area (Å²) in [4.78, 5) is 28.5. The molecule has 182 valence electrons. The van der Waals surface area contributed by atoms with Gasteiger partial charge in [-0.1, -0.05) is 60.7 Å². The van der Waals surface area contributed by atoms with Crippen molar-refractivity contribution in [2.24, 2.45) is 5.73 Å². The molecule has 1 aliphatic carbocycles. The third-order valence-electron chi connectivity index (χ3n) is 7.25. The van der Waals surface area contributed by atoms with Gasteiger partial charge in [0.05, 0.1) is 11.7 Å². The Morgan fingerprint density at radius 2 is 1.63 bits per heavy atom. The maximum Gasteiger partial charge on any atom is 0.244 e. The summed E-state index contributed by atoms with van der Waals surface area (Å²) >= 11 is 0. The molecule has 1 aliphatic heterocycles. The lowest BCUT2D eigenvalue weighted by Crippen LogP contribution is -2.53. The van der Waals surface area contributed by atoms with E-state index in [0.717, 1.165) is 36.1 Å². The maximum atomic E-state index is 13.7. The second kappa shape index (κ2) is 10.4. The number of carbonyl (C=O) groups excluding carboxylic acids is 2. The van der Waals surface area contributed by atoms with E-state index in [0.29, 0.717) is 19.6 Å². The minimum Gasteiger partial charge on any atom is -0.335 e. The van der Waals surface area contributed by atoms with E-state index in [9.17, 15) is 9.59 Å². The van der Waals surface area contributed by atoms with Crippen molar-refractivity contribution in [3.8, 4) is 0 Å². The molecule has 2 amide bonds. The molecule has 2 aromatic carbocycles. The molecular weight excluding hydrogens is 438 g/mol. The summed E-state index contributed by atoms with van der Waals surface area (Å²) in [6.45, 7) is 0.851. The van der Waals surface area contributed by atoms with Gasteiger partial charge in [0, 0.05) is 18.7 Å². The topological polar surface area (TPSA) is 93.3 Å². The molecule has 3 N–H and O–H groups in total. The highest BCUT2D eigenvalue weighted by Crippen LogP contribution is 2.30. The Labute approximate surface area is 206 Å². The van der Waals surface area contributed by atoms with Crippen LogP contribution in [0.2, 0.25) is 0 Å². The third-order valence-corrected chi connectivity index (χ3v) is 7.25. The van der Waals surface area contributed by atoms with Crippen LogP contribution in [0.1, 0.15) is 54.0 Å². The van der Waals surface area contributed by atoms with Crippen molar-refractivity contribution >= 4 is 11.8 Å². The molecule has 0 bridgehead atoms. The number of nitrogens with zero attached hydrogens (tertiary/aromatic N) is 3. The van der Waals surface area contributed by atoms with Gasteiger partial charge in [0.2, 0.25) is 11.8 Å². The highest BCUT2D eigenvalue weighted by Gasteiger charge is 2.39. The summed E-state index contributed by atoms with van der Waals surface area (Å²) in [5.41, 5.74) is 11.0. The number of rotatable bonds is 7. The molecule has 3 aromatic rings. The van der Waals surface area contributed by atoms with E-state index >= 15 is 0 Å². The minimum absolute atomic E-state index is 0.146. The average molecular weight is 472 g/mol. The first-order chi connectivity index (χ1) is 17.1. The lowest BCUT2D eigenvalue weighted by molar-refractivity contribution is -0.139. The molecule has 1 saturated heterocycles. The number of aromatic nitrogens is 2. The minimum atomic E-state index is -0.786. The zero-order valence-electron chi connectivity index (χ0n) is 20.0. The van der Waals surface area contributed by atoms with Gasteiger partial charge in [-0.25, -0.2) is 0 Å². The lowest BCUT2D eigenvalue weighted by atomic mass is 9.84. The number of carbonyl (C=O) groups is 2. The summed E-state index contributed by atoms with van der Waals surface area (Å²) in [6, 6.07) is 18.5. The Hall–Kier alpha value is -3.45. The van der Waals surface area contributed by atoms with E-state index in [1.165, 1.54) is 18.4 Å². The Morgan fingerprint density at radius 1 is 0.971 bits per heavy atom. The third kappa shape index (κ3) is 5.00. The van der Waals surface area contributed by atoms with Gasteiger partial charge < -0.3 is 16.0 Å². The number of benzene rings is 2. The second-order valence-corrected chi connectivity index (χ2v) is 9.56. The van der Waals surface area contributed by atoms with Crippen LogP contribution < -0.4 is 11.1 Å². The molecule has 0 saturated carbocycles. The molecule has 35 heavy (non-hydrogen) atoms. The number of hydrogen-bond donors (Lipinski definition) is 2. The van der Waals surface area contributed by atoms with Crippen LogP contribution in [0.25, 0.3) is 0 Å². The van der Waals surface area contributed by atoms with Gasteiger partial charge in [-0.2, -0.15) is 5.10 Å². The molecule has 0 spiro atoms. The number of likely N-dealkylation sites (tertiary alicyclic amines) is 1. The SMILES string of the molecule is N[C@@H](C(=O)N1CCC[C@H]1C(=O)NCn1cc2c(n1)CCCC2)C(c1ccccc1)c1ccccc1. The van der Waals surface area contributed by atoms with Crippen LogP contribution in [0.4, 0.5) is 0 Å². The van der Waals surface area contributed by atoms with E-state index in [-0.39, 0.29) is 17.7 Å². The molecular formula is C28H33N5O2. The molecule has 7 nitrogen and oxygen atoms in total. The summed E-state index contributed by atoms with van der Waals surface area (Å²) in [7, 11) is 0. The fourth-order valence-electron chi connectivity index (χ4n) is 5.45. The molecule has 1 fully saturated rings. The summed E-state index contributed by atoms with van der Waals surface area (Å²) < 4.78 is 1.81. The fraction of sp³-hybridized carbons (Fsp3) is 0.393. The summed E-state index contributed by atoms with van der Waals surface area (Å²) in [6.07, 6.45) is 7.88. The number of fused-ring (bicyclic) bond motifs is 1. The van der Waals surface area contributed by atoms with Gasteiger partial charge in [0.1, 0.15) is 12.7 Å². The first-order valence-corrected chi connectivity index (χ1v) is 12.6. The Morgan fingerprint density at radius 3 is 2.29 bits per heavy atom. The van der Waals surface area contributed by atoms with E-state index < -0.39 is 12.1 Å². The van der Waals surface area contributed by atoms with Gasteiger partial charge in [-0.05, 0) is 55.2 Å². The zero-order valence-corrected chi connectivity index (χ0v) is 20.0. The molecule has 1 aromatic heterocycles. The average Bonchev–Trinajstić information content (AvgIpc) is 3.55. The van der Waals surface area contributed by atoms with Gasteiger partial charge >= 0.3 is 0 Å². The van der Waals surface area contributed by atoms with Gasteiger partial charge in [0.15, 0.2) is 0 Å². The largest absolute Gasteiger partial charge is 0.335 e. The number of nitrogens with two attached hydrogens (primary N) is 1. The van der Waals surface area contributed by atoms with E-state index in [1.54, 1.807) is 4.90 Å². The van der Waals surface area contributed by atoms with Crippen LogP contribution in [-0.4, -0.2) is 45.1 Å². The molecule has 7 heteroatoms. The van der Waals surface area contributed by atoms with Crippen LogP contribution in [0.15, 0.2) is 66.9 Å². The summed E-state index contributed by atoms with van der Waals surface area (Å²) in [5, 5.41) is 7.62. The molecule has 5 rings (SSSR count). The fourth-order valence-corrected chi connectivity index (χ4v) is 5.45. The van der Waals surface area contributed by atoms with Crippen molar-refractivity contribution in [1.82, 2.24) is 20.0 Å². The predicted molar refractivity (Wildman–Crippen MR) is 134 cm³/mol. The number of amides is 2.